The number of phenolic OH excluding ortho intramolecular Hbond substituents is 2. The van der Waals surface area contributed by atoms with Crippen LogP contribution in [0, 0.1) is 0 Å². The molecule has 21 heavy (non-hydrogen) atoms. The molecule has 1 heterocycles. The normalized spacial score (nSPS) is 16.0. The fourth-order valence-corrected chi connectivity index (χ4v) is 3.77. The van der Waals surface area contributed by atoms with Gasteiger partial charge in [-0.3, -0.25) is 0 Å². The van der Waals surface area contributed by atoms with Gasteiger partial charge >= 0.3 is 0 Å². The minimum Gasteiger partial charge on any atom is -0.508 e. The number of rotatable bonds is 3. The third-order valence-electron chi connectivity index (χ3n) is 4.17. The molecule has 0 radical (unpaired) electrons. The van der Waals surface area contributed by atoms with Gasteiger partial charge in [-0.2, -0.15) is 0 Å². The van der Waals surface area contributed by atoms with Gasteiger partial charge < -0.3 is 15.1 Å². The van der Waals surface area contributed by atoms with E-state index in [1.807, 2.05) is 5.38 Å². The predicted octanol–water partition coefficient (Wildman–Crippen LogP) is 3.99. The van der Waals surface area contributed by atoms with E-state index in [2.05, 4.69) is 16.9 Å². The quantitative estimate of drug-likeness (QED) is 0.900. The molecule has 5 heteroatoms. The van der Waals surface area contributed by atoms with Crippen molar-refractivity contribution in [1.82, 2.24) is 4.98 Å². The average Bonchev–Trinajstić information content (AvgIpc) is 2.97. The number of nitrogens with zero attached hydrogens (tertiary/aromatic N) is 2. The van der Waals surface area contributed by atoms with Crippen molar-refractivity contribution in [2.24, 2.45) is 0 Å². The molecule has 0 unspecified atom stereocenters. The molecule has 1 aromatic carbocycles. The number of aromatic nitrogens is 1. The monoisotopic (exact) mass is 304 g/mol. The number of benzene rings is 1. The second kappa shape index (κ2) is 5.93. The number of aromatic hydroxyl groups is 2. The SMILES string of the molecule is CN(c1nc(-c2ccc(O)cc2O)cs1)C1CCCCC1. The molecule has 0 aliphatic heterocycles. The Hall–Kier alpha value is -1.75. The molecule has 3 rings (SSSR count). The summed E-state index contributed by atoms with van der Waals surface area (Å²) in [6.07, 6.45) is 6.40. The maximum atomic E-state index is 9.93. The summed E-state index contributed by atoms with van der Waals surface area (Å²) in [4.78, 5) is 6.92. The molecule has 112 valence electrons. The van der Waals surface area contributed by atoms with Gasteiger partial charge in [0.25, 0.3) is 0 Å². The lowest BCUT2D eigenvalue weighted by Crippen LogP contribution is -2.33. The lowest BCUT2D eigenvalue weighted by atomic mass is 9.95. The van der Waals surface area contributed by atoms with Crippen LogP contribution in [0.25, 0.3) is 11.3 Å². The van der Waals surface area contributed by atoms with E-state index in [9.17, 15) is 10.2 Å². The van der Waals surface area contributed by atoms with Crippen LogP contribution in [0.3, 0.4) is 0 Å². The summed E-state index contributed by atoms with van der Waals surface area (Å²) in [6.45, 7) is 0. The highest BCUT2D eigenvalue weighted by atomic mass is 32.1. The van der Waals surface area contributed by atoms with E-state index in [-0.39, 0.29) is 11.5 Å². The van der Waals surface area contributed by atoms with Crippen molar-refractivity contribution >= 4 is 16.5 Å². The minimum atomic E-state index is 0.0611. The van der Waals surface area contributed by atoms with Gasteiger partial charge in [-0.1, -0.05) is 19.3 Å². The second-order valence-corrected chi connectivity index (χ2v) is 6.46. The van der Waals surface area contributed by atoms with E-state index in [4.69, 9.17) is 0 Å². The van der Waals surface area contributed by atoms with Crippen LogP contribution >= 0.6 is 11.3 Å². The van der Waals surface area contributed by atoms with Crippen molar-refractivity contribution in [2.75, 3.05) is 11.9 Å². The van der Waals surface area contributed by atoms with Crippen molar-refractivity contribution in [3.8, 4) is 22.8 Å². The summed E-state index contributed by atoms with van der Waals surface area (Å²) in [6, 6.07) is 5.19. The zero-order valence-corrected chi connectivity index (χ0v) is 12.9. The summed E-state index contributed by atoms with van der Waals surface area (Å²) < 4.78 is 0. The van der Waals surface area contributed by atoms with Gasteiger partial charge in [-0.25, -0.2) is 4.98 Å². The van der Waals surface area contributed by atoms with Gasteiger partial charge in [-0.05, 0) is 25.0 Å². The van der Waals surface area contributed by atoms with Crippen LogP contribution in [0.5, 0.6) is 11.5 Å². The van der Waals surface area contributed by atoms with Crippen LogP contribution in [-0.2, 0) is 0 Å². The first-order valence-electron chi connectivity index (χ1n) is 7.36. The maximum Gasteiger partial charge on any atom is 0.185 e. The van der Waals surface area contributed by atoms with Crippen molar-refractivity contribution in [3.05, 3.63) is 23.6 Å². The average molecular weight is 304 g/mol. The smallest absolute Gasteiger partial charge is 0.185 e. The van der Waals surface area contributed by atoms with Crippen LogP contribution in [0.1, 0.15) is 32.1 Å². The number of thiazole rings is 1. The van der Waals surface area contributed by atoms with Crippen molar-refractivity contribution in [3.63, 3.8) is 0 Å². The number of phenols is 2. The third kappa shape index (κ3) is 2.97. The Kier molecular flexibility index (Phi) is 4.01. The first-order valence-corrected chi connectivity index (χ1v) is 8.24. The van der Waals surface area contributed by atoms with Gasteiger partial charge in [0.1, 0.15) is 11.5 Å². The molecule has 4 nitrogen and oxygen atoms in total. The Bertz CT molecular complexity index is 620. The molecule has 1 saturated carbocycles. The summed E-state index contributed by atoms with van der Waals surface area (Å²) in [5, 5.41) is 22.2. The van der Waals surface area contributed by atoms with Crippen LogP contribution < -0.4 is 4.90 Å². The highest BCUT2D eigenvalue weighted by Crippen LogP contribution is 2.35. The molecule has 0 spiro atoms. The third-order valence-corrected chi connectivity index (χ3v) is 5.10. The van der Waals surface area contributed by atoms with Crippen LogP contribution in [-0.4, -0.2) is 28.3 Å². The molecule has 2 aromatic rings. The number of hydrogen-bond acceptors (Lipinski definition) is 5. The van der Waals surface area contributed by atoms with Crippen molar-refractivity contribution < 1.29 is 10.2 Å². The first-order chi connectivity index (χ1) is 10.1. The summed E-state index contributed by atoms with van der Waals surface area (Å²) in [5.74, 6) is 0.123. The van der Waals surface area contributed by atoms with E-state index in [0.717, 1.165) is 10.8 Å². The molecule has 1 aliphatic carbocycles. The molecule has 2 N–H and O–H groups in total. The largest absolute Gasteiger partial charge is 0.508 e. The van der Waals surface area contributed by atoms with Crippen LogP contribution in [0.4, 0.5) is 5.13 Å². The Labute approximate surface area is 128 Å². The van der Waals surface area contributed by atoms with Gasteiger partial charge in [0.05, 0.1) is 5.69 Å². The van der Waals surface area contributed by atoms with Gasteiger partial charge in [0.15, 0.2) is 5.13 Å². The van der Waals surface area contributed by atoms with E-state index in [1.54, 1.807) is 23.5 Å². The van der Waals surface area contributed by atoms with E-state index in [1.165, 1.54) is 38.2 Å². The Balaban J connectivity index is 1.82. The number of anilines is 1. The van der Waals surface area contributed by atoms with Crippen molar-refractivity contribution in [1.29, 1.82) is 0 Å². The fraction of sp³-hybridized carbons (Fsp3) is 0.438. The highest BCUT2D eigenvalue weighted by molar-refractivity contribution is 7.14. The Morgan fingerprint density at radius 3 is 2.67 bits per heavy atom. The Morgan fingerprint density at radius 1 is 1.19 bits per heavy atom. The molecular formula is C16H20N2O2S. The topological polar surface area (TPSA) is 56.6 Å². The number of hydrogen-bond donors (Lipinski definition) is 2. The van der Waals surface area contributed by atoms with E-state index in [0.29, 0.717) is 11.6 Å². The molecule has 0 saturated heterocycles. The second-order valence-electron chi connectivity index (χ2n) is 5.62. The van der Waals surface area contributed by atoms with Gasteiger partial charge in [0, 0.05) is 30.1 Å². The standard InChI is InChI=1S/C16H20N2O2S/c1-18(11-5-3-2-4-6-11)16-17-14(10-21-16)13-8-7-12(19)9-15(13)20/h7-11,19-20H,2-6H2,1H3. The molecule has 1 aromatic heterocycles. The lowest BCUT2D eigenvalue weighted by molar-refractivity contribution is 0.427. The highest BCUT2D eigenvalue weighted by Gasteiger charge is 2.21. The Morgan fingerprint density at radius 2 is 1.95 bits per heavy atom. The molecular weight excluding hydrogens is 284 g/mol. The van der Waals surface area contributed by atoms with E-state index >= 15 is 0 Å². The predicted molar refractivity (Wildman–Crippen MR) is 86.2 cm³/mol. The van der Waals surface area contributed by atoms with Gasteiger partial charge in [0.2, 0.25) is 0 Å². The zero-order valence-electron chi connectivity index (χ0n) is 12.1. The zero-order chi connectivity index (χ0) is 14.8. The minimum absolute atomic E-state index is 0.0611. The molecule has 0 atom stereocenters. The maximum absolute atomic E-state index is 9.93. The van der Waals surface area contributed by atoms with Crippen LogP contribution in [0.15, 0.2) is 23.6 Å². The molecule has 1 fully saturated rings. The molecule has 0 bridgehead atoms. The first kappa shape index (κ1) is 14.2. The summed E-state index contributed by atoms with van der Waals surface area (Å²) >= 11 is 1.60. The van der Waals surface area contributed by atoms with Crippen molar-refractivity contribution in [2.45, 2.75) is 38.1 Å². The van der Waals surface area contributed by atoms with E-state index < -0.39 is 0 Å². The summed E-state index contributed by atoms with van der Waals surface area (Å²) in [7, 11) is 2.11. The molecule has 0 amide bonds. The van der Waals surface area contributed by atoms with Crippen LogP contribution in [0.2, 0.25) is 0 Å². The molecule has 1 aliphatic rings. The fourth-order valence-electron chi connectivity index (χ4n) is 2.91. The van der Waals surface area contributed by atoms with Gasteiger partial charge in [-0.15, -0.1) is 11.3 Å². The summed E-state index contributed by atoms with van der Waals surface area (Å²) in [5.41, 5.74) is 1.42. The lowest BCUT2D eigenvalue weighted by Gasteiger charge is -2.30.